The fourth-order valence-corrected chi connectivity index (χ4v) is 4.12. The van der Waals surface area contributed by atoms with E-state index >= 15 is 0 Å². The predicted octanol–water partition coefficient (Wildman–Crippen LogP) is 4.15. The van der Waals surface area contributed by atoms with Crippen molar-refractivity contribution in [1.29, 1.82) is 0 Å². The van der Waals surface area contributed by atoms with Gasteiger partial charge in [-0.15, -0.1) is 0 Å². The van der Waals surface area contributed by atoms with Crippen LogP contribution in [0.1, 0.15) is 30.0 Å². The molecule has 2 aromatic carbocycles. The van der Waals surface area contributed by atoms with Gasteiger partial charge in [0.05, 0.1) is 6.20 Å². The van der Waals surface area contributed by atoms with Crippen LogP contribution >= 0.6 is 0 Å². The minimum Gasteiger partial charge on any atom is -0.454 e. The number of ether oxygens (including phenoxy) is 2. The van der Waals surface area contributed by atoms with Crippen molar-refractivity contribution < 1.29 is 9.47 Å². The van der Waals surface area contributed by atoms with Gasteiger partial charge >= 0.3 is 0 Å². The smallest absolute Gasteiger partial charge is 0.231 e. The van der Waals surface area contributed by atoms with Crippen LogP contribution in [0.25, 0.3) is 11.1 Å². The lowest BCUT2D eigenvalue weighted by Gasteiger charge is -2.25. The Morgan fingerprint density at radius 2 is 1.89 bits per heavy atom. The summed E-state index contributed by atoms with van der Waals surface area (Å²) in [6.45, 7) is 2.42. The van der Waals surface area contributed by atoms with Gasteiger partial charge in [-0.25, -0.2) is 0 Å². The molecule has 0 N–H and O–H groups in total. The summed E-state index contributed by atoms with van der Waals surface area (Å²) in [5, 5.41) is 4.26. The topological polar surface area (TPSA) is 39.5 Å². The first-order chi connectivity index (χ1) is 13.3. The highest BCUT2D eigenvalue weighted by molar-refractivity contribution is 5.61. The van der Waals surface area contributed by atoms with E-state index in [2.05, 4.69) is 46.4 Å². The standard InChI is InChI=1S/C22H23N3O2/c1-24-14-19(12-23-24)17-6-4-16(5-7-17)13-25-10-2-3-20(25)18-8-9-21-22(11-18)27-15-26-21/h4-9,11-12,14,20H,2-3,10,13,15H2,1H3. The molecule has 27 heavy (non-hydrogen) atoms. The number of likely N-dealkylation sites (tertiary alicyclic amines) is 1. The normalized spacial score (nSPS) is 18.9. The van der Waals surface area contributed by atoms with Gasteiger partial charge in [-0.05, 0) is 48.2 Å². The molecule has 0 bridgehead atoms. The molecule has 0 radical (unpaired) electrons. The summed E-state index contributed by atoms with van der Waals surface area (Å²) in [6, 6.07) is 15.7. The number of fused-ring (bicyclic) bond motifs is 1. The lowest BCUT2D eigenvalue weighted by Crippen LogP contribution is -2.22. The van der Waals surface area contributed by atoms with E-state index < -0.39 is 0 Å². The highest BCUT2D eigenvalue weighted by Crippen LogP contribution is 2.39. The molecule has 0 saturated carbocycles. The van der Waals surface area contributed by atoms with E-state index in [0.717, 1.165) is 30.2 Å². The van der Waals surface area contributed by atoms with Crippen LogP contribution in [0.15, 0.2) is 54.9 Å². The second-order valence-electron chi connectivity index (χ2n) is 7.34. The summed E-state index contributed by atoms with van der Waals surface area (Å²) >= 11 is 0. The van der Waals surface area contributed by atoms with Crippen molar-refractivity contribution in [1.82, 2.24) is 14.7 Å². The van der Waals surface area contributed by atoms with Gasteiger partial charge in [-0.3, -0.25) is 9.58 Å². The van der Waals surface area contributed by atoms with Gasteiger partial charge in [-0.1, -0.05) is 30.3 Å². The van der Waals surface area contributed by atoms with Crippen LogP contribution in [0, 0.1) is 0 Å². The summed E-state index contributed by atoms with van der Waals surface area (Å²) in [4.78, 5) is 2.57. The fourth-order valence-electron chi connectivity index (χ4n) is 4.12. The minimum absolute atomic E-state index is 0.330. The van der Waals surface area contributed by atoms with Gasteiger partial charge in [0.2, 0.25) is 6.79 Å². The molecule has 3 heterocycles. The molecule has 0 amide bonds. The Balaban J connectivity index is 1.32. The van der Waals surface area contributed by atoms with Gasteiger partial charge in [-0.2, -0.15) is 5.10 Å². The molecule has 2 aliphatic heterocycles. The van der Waals surface area contributed by atoms with Crippen LogP contribution in [0.2, 0.25) is 0 Å². The number of hydrogen-bond acceptors (Lipinski definition) is 4. The molecule has 138 valence electrons. The van der Waals surface area contributed by atoms with Gasteiger partial charge in [0, 0.05) is 31.4 Å². The molecular formula is C22H23N3O2. The Labute approximate surface area is 159 Å². The molecule has 1 aromatic heterocycles. The number of nitrogens with zero attached hydrogens (tertiary/aromatic N) is 3. The monoisotopic (exact) mass is 361 g/mol. The molecule has 5 heteroatoms. The van der Waals surface area contributed by atoms with E-state index in [9.17, 15) is 0 Å². The number of benzene rings is 2. The van der Waals surface area contributed by atoms with Crippen LogP contribution in [0.3, 0.4) is 0 Å². The first kappa shape index (κ1) is 16.4. The molecule has 5 nitrogen and oxygen atoms in total. The van der Waals surface area contributed by atoms with Crippen LogP contribution in [-0.2, 0) is 13.6 Å². The number of hydrogen-bond donors (Lipinski definition) is 0. The Morgan fingerprint density at radius 1 is 1.04 bits per heavy atom. The van der Waals surface area contributed by atoms with E-state index in [4.69, 9.17) is 9.47 Å². The molecule has 0 aliphatic carbocycles. The molecule has 1 atom stereocenters. The third kappa shape index (κ3) is 3.19. The lowest BCUT2D eigenvalue weighted by atomic mass is 10.0. The largest absolute Gasteiger partial charge is 0.454 e. The number of aryl methyl sites for hydroxylation is 1. The number of rotatable bonds is 4. The minimum atomic E-state index is 0.330. The van der Waals surface area contributed by atoms with Crippen molar-refractivity contribution in [3.63, 3.8) is 0 Å². The maximum absolute atomic E-state index is 5.56. The van der Waals surface area contributed by atoms with Crippen LogP contribution < -0.4 is 9.47 Å². The summed E-state index contributed by atoms with van der Waals surface area (Å²) in [7, 11) is 1.95. The predicted molar refractivity (Wildman–Crippen MR) is 104 cm³/mol. The Morgan fingerprint density at radius 3 is 2.70 bits per heavy atom. The molecule has 3 aromatic rings. The first-order valence-electron chi connectivity index (χ1n) is 9.48. The molecule has 5 rings (SSSR count). The van der Waals surface area contributed by atoms with Gasteiger partial charge in [0.15, 0.2) is 11.5 Å². The van der Waals surface area contributed by atoms with E-state index in [1.807, 2.05) is 30.2 Å². The van der Waals surface area contributed by atoms with Crippen molar-refractivity contribution in [2.45, 2.75) is 25.4 Å². The van der Waals surface area contributed by atoms with E-state index in [0.29, 0.717) is 12.8 Å². The van der Waals surface area contributed by atoms with Crippen molar-refractivity contribution in [2.24, 2.45) is 7.05 Å². The van der Waals surface area contributed by atoms with Crippen LogP contribution in [0.5, 0.6) is 11.5 Å². The zero-order valence-corrected chi connectivity index (χ0v) is 15.5. The summed E-state index contributed by atoms with van der Waals surface area (Å²) < 4.78 is 12.8. The molecule has 1 unspecified atom stereocenters. The third-order valence-electron chi connectivity index (χ3n) is 5.52. The summed E-state index contributed by atoms with van der Waals surface area (Å²) in [5.41, 5.74) is 5.03. The summed E-state index contributed by atoms with van der Waals surface area (Å²) in [6.07, 6.45) is 6.37. The lowest BCUT2D eigenvalue weighted by molar-refractivity contribution is 0.174. The van der Waals surface area contributed by atoms with E-state index in [1.165, 1.54) is 29.5 Å². The maximum Gasteiger partial charge on any atom is 0.231 e. The third-order valence-corrected chi connectivity index (χ3v) is 5.52. The highest BCUT2D eigenvalue weighted by atomic mass is 16.7. The van der Waals surface area contributed by atoms with Crippen LogP contribution in [0.4, 0.5) is 0 Å². The Kier molecular flexibility index (Phi) is 4.09. The molecule has 1 fully saturated rings. The van der Waals surface area contributed by atoms with Gasteiger partial charge in [0.25, 0.3) is 0 Å². The van der Waals surface area contributed by atoms with Gasteiger partial charge < -0.3 is 9.47 Å². The Hall–Kier alpha value is -2.79. The second kappa shape index (κ2) is 6.74. The van der Waals surface area contributed by atoms with E-state index in [-0.39, 0.29) is 0 Å². The molecule has 2 aliphatic rings. The zero-order valence-electron chi connectivity index (χ0n) is 15.5. The molecule has 1 saturated heterocycles. The maximum atomic E-state index is 5.56. The van der Waals surface area contributed by atoms with Crippen molar-refractivity contribution in [3.05, 3.63) is 66.0 Å². The Bertz CT molecular complexity index is 948. The average Bonchev–Trinajstić information content (AvgIpc) is 3.42. The first-order valence-corrected chi connectivity index (χ1v) is 9.48. The number of aromatic nitrogens is 2. The second-order valence-corrected chi connectivity index (χ2v) is 7.34. The van der Waals surface area contributed by atoms with Crippen LogP contribution in [-0.4, -0.2) is 28.0 Å². The molecular weight excluding hydrogens is 338 g/mol. The fraction of sp³-hybridized carbons (Fsp3) is 0.318. The quantitative estimate of drug-likeness (QED) is 0.700. The SMILES string of the molecule is Cn1cc(-c2ccc(CN3CCCC3c3ccc4c(c3)OCO4)cc2)cn1. The van der Waals surface area contributed by atoms with Crippen molar-refractivity contribution >= 4 is 0 Å². The van der Waals surface area contributed by atoms with Crippen molar-refractivity contribution in [3.8, 4) is 22.6 Å². The summed E-state index contributed by atoms with van der Waals surface area (Å²) in [5.74, 6) is 1.73. The highest BCUT2D eigenvalue weighted by Gasteiger charge is 2.27. The average molecular weight is 361 g/mol. The van der Waals surface area contributed by atoms with E-state index in [1.54, 1.807) is 0 Å². The zero-order chi connectivity index (χ0) is 18.2. The van der Waals surface area contributed by atoms with Crippen molar-refractivity contribution in [2.75, 3.05) is 13.3 Å². The molecule has 0 spiro atoms. The van der Waals surface area contributed by atoms with Gasteiger partial charge in [0.1, 0.15) is 0 Å².